The van der Waals surface area contributed by atoms with Gasteiger partial charge >= 0.3 is 5.97 Å². The van der Waals surface area contributed by atoms with Crippen LogP contribution in [0.4, 0.5) is 5.95 Å². The average Bonchev–Trinajstić information content (AvgIpc) is 3.08. The molecular formula is C19H16N6O2. The van der Waals surface area contributed by atoms with Gasteiger partial charge in [0.05, 0.1) is 29.2 Å². The number of rotatable bonds is 5. The lowest BCUT2D eigenvalue weighted by atomic mass is 10.2. The molecule has 0 amide bonds. The first kappa shape index (κ1) is 16.6. The van der Waals surface area contributed by atoms with E-state index in [-0.39, 0.29) is 5.56 Å². The minimum atomic E-state index is -1.01. The molecule has 0 fully saturated rings. The predicted octanol–water partition coefficient (Wildman–Crippen LogP) is 2.81. The van der Waals surface area contributed by atoms with Crippen LogP contribution in [-0.4, -0.2) is 35.4 Å². The molecule has 4 rings (SSSR count). The van der Waals surface area contributed by atoms with Gasteiger partial charge < -0.3 is 14.8 Å². The summed E-state index contributed by atoms with van der Waals surface area (Å²) in [4.78, 5) is 28.5. The fourth-order valence-electron chi connectivity index (χ4n) is 2.70. The molecular weight excluding hydrogens is 344 g/mol. The number of nitrogens with zero attached hydrogens (tertiary/aromatic N) is 5. The van der Waals surface area contributed by atoms with Gasteiger partial charge in [-0.05, 0) is 36.8 Å². The van der Waals surface area contributed by atoms with Gasteiger partial charge in [0.15, 0.2) is 0 Å². The Morgan fingerprint density at radius 3 is 2.78 bits per heavy atom. The summed E-state index contributed by atoms with van der Waals surface area (Å²) in [6.07, 6.45) is 7.03. The largest absolute Gasteiger partial charge is 0.478 e. The zero-order valence-electron chi connectivity index (χ0n) is 14.5. The number of fused-ring (bicyclic) bond motifs is 1. The first-order valence-corrected chi connectivity index (χ1v) is 8.29. The van der Waals surface area contributed by atoms with E-state index >= 15 is 0 Å². The van der Waals surface area contributed by atoms with Gasteiger partial charge in [-0.3, -0.25) is 4.98 Å². The van der Waals surface area contributed by atoms with Crippen LogP contribution in [0.15, 0.2) is 55.1 Å². The Labute approximate surface area is 154 Å². The Kier molecular flexibility index (Phi) is 4.21. The average molecular weight is 360 g/mol. The van der Waals surface area contributed by atoms with Gasteiger partial charge in [-0.1, -0.05) is 6.07 Å². The van der Waals surface area contributed by atoms with E-state index in [0.717, 1.165) is 16.9 Å². The lowest BCUT2D eigenvalue weighted by Gasteiger charge is -2.05. The number of carboxylic acids is 1. The van der Waals surface area contributed by atoms with Crippen molar-refractivity contribution in [3.8, 4) is 11.4 Å². The molecule has 8 heteroatoms. The molecule has 0 aliphatic heterocycles. The highest BCUT2D eigenvalue weighted by Crippen LogP contribution is 2.17. The molecule has 0 aliphatic carbocycles. The summed E-state index contributed by atoms with van der Waals surface area (Å²) < 4.78 is 1.98. The van der Waals surface area contributed by atoms with Crippen molar-refractivity contribution in [3.63, 3.8) is 0 Å². The van der Waals surface area contributed by atoms with E-state index in [1.54, 1.807) is 12.3 Å². The predicted molar refractivity (Wildman–Crippen MR) is 99.5 cm³/mol. The van der Waals surface area contributed by atoms with Gasteiger partial charge in [-0.25, -0.2) is 19.7 Å². The molecule has 0 saturated heterocycles. The van der Waals surface area contributed by atoms with Crippen molar-refractivity contribution in [3.05, 3.63) is 71.9 Å². The number of carboxylic acid groups (broad SMARTS) is 1. The minimum Gasteiger partial charge on any atom is -0.478 e. The van der Waals surface area contributed by atoms with Gasteiger partial charge in [0.2, 0.25) is 5.95 Å². The van der Waals surface area contributed by atoms with Crippen molar-refractivity contribution in [1.82, 2.24) is 24.3 Å². The van der Waals surface area contributed by atoms with Gasteiger partial charge in [-0.2, -0.15) is 0 Å². The summed E-state index contributed by atoms with van der Waals surface area (Å²) in [6, 6.07) is 8.60. The van der Waals surface area contributed by atoms with Gasteiger partial charge in [0.25, 0.3) is 0 Å². The van der Waals surface area contributed by atoms with E-state index in [0.29, 0.717) is 23.9 Å². The number of hydrogen-bond donors (Lipinski definition) is 2. The highest BCUT2D eigenvalue weighted by Gasteiger charge is 2.09. The van der Waals surface area contributed by atoms with Crippen LogP contribution in [0.5, 0.6) is 0 Å². The molecule has 4 heterocycles. The second kappa shape index (κ2) is 6.83. The summed E-state index contributed by atoms with van der Waals surface area (Å²) in [6.45, 7) is 2.50. The Morgan fingerprint density at radius 1 is 1.07 bits per heavy atom. The fourth-order valence-corrected chi connectivity index (χ4v) is 2.70. The molecule has 0 saturated carbocycles. The third kappa shape index (κ3) is 3.59. The number of nitrogens with one attached hydrogen (secondary N) is 1. The molecule has 0 aromatic carbocycles. The third-order valence-corrected chi connectivity index (χ3v) is 4.00. The van der Waals surface area contributed by atoms with E-state index < -0.39 is 5.97 Å². The first-order chi connectivity index (χ1) is 13.1. The van der Waals surface area contributed by atoms with Crippen molar-refractivity contribution in [2.24, 2.45) is 0 Å². The minimum absolute atomic E-state index is 0.160. The summed E-state index contributed by atoms with van der Waals surface area (Å²) in [5.74, 6) is -0.587. The maximum absolute atomic E-state index is 11.1. The zero-order valence-corrected chi connectivity index (χ0v) is 14.5. The lowest BCUT2D eigenvalue weighted by molar-refractivity contribution is 0.0697. The maximum atomic E-state index is 11.1. The molecule has 134 valence electrons. The Hall–Kier alpha value is -3.81. The summed E-state index contributed by atoms with van der Waals surface area (Å²) in [7, 11) is 0. The second-order valence-electron chi connectivity index (χ2n) is 6.06. The second-order valence-corrected chi connectivity index (χ2v) is 6.06. The van der Waals surface area contributed by atoms with Gasteiger partial charge in [0.1, 0.15) is 5.65 Å². The number of aromatic carboxylic acids is 1. The lowest BCUT2D eigenvalue weighted by Crippen LogP contribution is -2.05. The molecule has 0 spiro atoms. The van der Waals surface area contributed by atoms with Crippen LogP contribution >= 0.6 is 0 Å². The SMILES string of the molecule is Cc1ccc2nc(CNc3nccc(-c4cc(C(=O)O)ccn4)n3)cn2c1. The number of pyridine rings is 2. The number of aryl methyl sites for hydroxylation is 1. The third-order valence-electron chi connectivity index (χ3n) is 4.00. The van der Waals surface area contributed by atoms with E-state index in [1.165, 1.54) is 18.3 Å². The first-order valence-electron chi connectivity index (χ1n) is 8.29. The molecule has 4 aromatic rings. The molecule has 0 radical (unpaired) electrons. The quantitative estimate of drug-likeness (QED) is 0.564. The molecule has 0 aliphatic rings. The van der Waals surface area contributed by atoms with Gasteiger partial charge in [-0.15, -0.1) is 0 Å². The standard InChI is InChI=1S/C19H16N6O2/c1-12-2-3-17-23-14(11-25(17)10-12)9-22-19-21-7-5-15(24-19)16-8-13(18(26)27)4-6-20-16/h2-8,10-11H,9H2,1H3,(H,26,27)(H,21,22,24). The number of carbonyl (C=O) groups is 1. The smallest absolute Gasteiger partial charge is 0.335 e. The van der Waals surface area contributed by atoms with Gasteiger partial charge in [0, 0.05) is 24.8 Å². The molecule has 0 bridgehead atoms. The molecule has 2 N–H and O–H groups in total. The van der Waals surface area contributed by atoms with Crippen LogP contribution in [-0.2, 0) is 6.54 Å². The summed E-state index contributed by atoms with van der Waals surface area (Å²) >= 11 is 0. The molecule has 8 nitrogen and oxygen atoms in total. The number of hydrogen-bond acceptors (Lipinski definition) is 6. The van der Waals surface area contributed by atoms with E-state index in [4.69, 9.17) is 5.11 Å². The van der Waals surface area contributed by atoms with Crippen LogP contribution in [0.3, 0.4) is 0 Å². The van der Waals surface area contributed by atoms with Crippen LogP contribution in [0, 0.1) is 6.92 Å². The van der Waals surface area contributed by atoms with Crippen molar-refractivity contribution >= 4 is 17.6 Å². The summed E-state index contributed by atoms with van der Waals surface area (Å²) in [5.41, 5.74) is 4.08. The van der Waals surface area contributed by atoms with Crippen molar-refractivity contribution in [2.75, 3.05) is 5.32 Å². The number of anilines is 1. The molecule has 0 atom stereocenters. The normalized spacial score (nSPS) is 10.9. The maximum Gasteiger partial charge on any atom is 0.335 e. The Morgan fingerprint density at radius 2 is 1.93 bits per heavy atom. The van der Waals surface area contributed by atoms with Crippen molar-refractivity contribution < 1.29 is 9.90 Å². The van der Waals surface area contributed by atoms with Crippen LogP contribution < -0.4 is 5.32 Å². The van der Waals surface area contributed by atoms with E-state index in [2.05, 4.69) is 25.3 Å². The Balaban J connectivity index is 1.53. The van der Waals surface area contributed by atoms with Crippen LogP contribution in [0.1, 0.15) is 21.6 Å². The monoisotopic (exact) mass is 360 g/mol. The highest BCUT2D eigenvalue weighted by molar-refractivity contribution is 5.88. The van der Waals surface area contributed by atoms with E-state index in [1.807, 2.05) is 35.9 Å². The fraction of sp³-hybridized carbons (Fsp3) is 0.105. The Bertz CT molecular complexity index is 1140. The highest BCUT2D eigenvalue weighted by atomic mass is 16.4. The van der Waals surface area contributed by atoms with Crippen LogP contribution in [0.2, 0.25) is 0 Å². The van der Waals surface area contributed by atoms with E-state index in [9.17, 15) is 4.79 Å². The molecule has 4 aromatic heterocycles. The zero-order chi connectivity index (χ0) is 18.8. The van der Waals surface area contributed by atoms with Crippen LogP contribution in [0.25, 0.3) is 17.0 Å². The topological polar surface area (TPSA) is 105 Å². The molecule has 27 heavy (non-hydrogen) atoms. The number of aromatic nitrogens is 5. The summed E-state index contributed by atoms with van der Waals surface area (Å²) in [5, 5.41) is 12.3. The van der Waals surface area contributed by atoms with Crippen molar-refractivity contribution in [1.29, 1.82) is 0 Å². The molecule has 0 unspecified atom stereocenters. The van der Waals surface area contributed by atoms with Crippen molar-refractivity contribution in [2.45, 2.75) is 13.5 Å². The number of imidazole rings is 1.